The minimum Gasteiger partial charge on any atom is -0.315 e. The van der Waals surface area contributed by atoms with Crippen molar-refractivity contribution in [3.63, 3.8) is 0 Å². The van der Waals surface area contributed by atoms with Crippen LogP contribution >= 0.6 is 0 Å². The largest absolute Gasteiger partial charge is 0.315 e. The van der Waals surface area contributed by atoms with Crippen LogP contribution in [0.4, 0.5) is 0 Å². The van der Waals surface area contributed by atoms with Gasteiger partial charge in [-0.1, -0.05) is 50.6 Å². The number of aryl methyl sites for hydroxylation is 1. The smallest absolute Gasteiger partial charge is 0.0205 e. The summed E-state index contributed by atoms with van der Waals surface area (Å²) in [6.07, 6.45) is 2.66. The molecule has 1 unspecified atom stereocenters. The molecule has 0 saturated carbocycles. The van der Waals surface area contributed by atoms with Crippen molar-refractivity contribution < 1.29 is 0 Å². The molecule has 1 fully saturated rings. The molecule has 1 N–H and O–H groups in total. The van der Waals surface area contributed by atoms with Crippen molar-refractivity contribution in [3.05, 3.63) is 35.4 Å². The van der Waals surface area contributed by atoms with Gasteiger partial charge in [-0.25, -0.2) is 0 Å². The predicted molar refractivity (Wildman–Crippen MR) is 79.0 cm³/mol. The van der Waals surface area contributed by atoms with E-state index in [0.29, 0.717) is 5.41 Å². The Morgan fingerprint density at radius 3 is 2.17 bits per heavy atom. The Balaban J connectivity index is 2.08. The van der Waals surface area contributed by atoms with Gasteiger partial charge in [0.25, 0.3) is 0 Å². The molecule has 0 amide bonds. The highest BCUT2D eigenvalue weighted by atomic mass is 15.0. The lowest BCUT2D eigenvalue weighted by atomic mass is 9.68. The lowest BCUT2D eigenvalue weighted by Crippen LogP contribution is -2.57. The van der Waals surface area contributed by atoms with E-state index in [4.69, 9.17) is 0 Å². The van der Waals surface area contributed by atoms with Crippen LogP contribution in [0.3, 0.4) is 0 Å². The van der Waals surface area contributed by atoms with E-state index in [-0.39, 0.29) is 0 Å². The first kappa shape index (κ1) is 13.6. The Kier molecular flexibility index (Phi) is 4.11. The van der Waals surface area contributed by atoms with Crippen LogP contribution in [-0.2, 0) is 5.41 Å². The van der Waals surface area contributed by atoms with Gasteiger partial charge in [-0.2, -0.15) is 0 Å². The van der Waals surface area contributed by atoms with Crippen molar-refractivity contribution >= 4 is 0 Å². The molecule has 1 aromatic carbocycles. The zero-order valence-corrected chi connectivity index (χ0v) is 12.3. The Morgan fingerprint density at radius 1 is 1.11 bits per heavy atom. The van der Waals surface area contributed by atoms with Crippen molar-refractivity contribution in [2.24, 2.45) is 11.8 Å². The summed E-state index contributed by atoms with van der Waals surface area (Å²) in [7, 11) is 0. The molecule has 1 aliphatic rings. The molecule has 18 heavy (non-hydrogen) atoms. The number of rotatable bonds is 5. The van der Waals surface area contributed by atoms with E-state index in [1.807, 2.05) is 0 Å². The fourth-order valence-electron chi connectivity index (χ4n) is 3.36. The second kappa shape index (κ2) is 5.44. The fraction of sp³-hybridized carbons (Fsp3) is 0.647. The number of benzene rings is 1. The molecule has 0 aromatic heterocycles. The van der Waals surface area contributed by atoms with E-state index >= 15 is 0 Å². The summed E-state index contributed by atoms with van der Waals surface area (Å²) >= 11 is 0. The second-order valence-corrected chi connectivity index (χ2v) is 6.69. The first-order valence-electron chi connectivity index (χ1n) is 7.30. The van der Waals surface area contributed by atoms with Gasteiger partial charge in [0.1, 0.15) is 0 Å². The normalized spacial score (nSPS) is 19.6. The highest BCUT2D eigenvalue weighted by Crippen LogP contribution is 2.36. The summed E-state index contributed by atoms with van der Waals surface area (Å²) in [5, 5.41) is 3.47. The van der Waals surface area contributed by atoms with Crippen LogP contribution in [-0.4, -0.2) is 13.1 Å². The molecule has 100 valence electrons. The van der Waals surface area contributed by atoms with Crippen LogP contribution in [0, 0.1) is 18.8 Å². The summed E-state index contributed by atoms with van der Waals surface area (Å²) in [5.74, 6) is 1.62. The van der Waals surface area contributed by atoms with Crippen LogP contribution < -0.4 is 5.32 Å². The van der Waals surface area contributed by atoms with Crippen LogP contribution in [0.25, 0.3) is 0 Å². The van der Waals surface area contributed by atoms with Gasteiger partial charge in [-0.15, -0.1) is 0 Å². The number of hydrogen-bond acceptors (Lipinski definition) is 1. The van der Waals surface area contributed by atoms with Gasteiger partial charge in [-0.05, 0) is 37.2 Å². The average Bonchev–Trinajstić information content (AvgIpc) is 2.24. The third-order valence-corrected chi connectivity index (χ3v) is 4.20. The minimum absolute atomic E-state index is 0.405. The van der Waals surface area contributed by atoms with Crippen molar-refractivity contribution in [1.82, 2.24) is 5.32 Å². The van der Waals surface area contributed by atoms with Crippen molar-refractivity contribution in [2.75, 3.05) is 13.1 Å². The van der Waals surface area contributed by atoms with Gasteiger partial charge >= 0.3 is 0 Å². The van der Waals surface area contributed by atoms with Crippen LogP contribution in [0.2, 0.25) is 0 Å². The zero-order valence-electron chi connectivity index (χ0n) is 12.3. The summed E-state index contributed by atoms with van der Waals surface area (Å²) in [6.45, 7) is 11.5. The lowest BCUT2D eigenvalue weighted by molar-refractivity contribution is 0.210. The molecule has 1 nitrogen and oxygen atoms in total. The van der Waals surface area contributed by atoms with E-state index in [2.05, 4.69) is 57.3 Å². The summed E-state index contributed by atoms with van der Waals surface area (Å²) in [6, 6.07) is 9.17. The van der Waals surface area contributed by atoms with E-state index in [9.17, 15) is 0 Å². The van der Waals surface area contributed by atoms with E-state index in [1.54, 1.807) is 0 Å². The Bertz CT molecular complexity index is 373. The van der Waals surface area contributed by atoms with Gasteiger partial charge in [0.15, 0.2) is 0 Å². The SMILES string of the molecule is Cc1ccc(C2(CC(C)CC(C)C)CNC2)cc1. The highest BCUT2D eigenvalue weighted by molar-refractivity contribution is 5.32. The molecular formula is C17H27N. The molecular weight excluding hydrogens is 218 g/mol. The third-order valence-electron chi connectivity index (χ3n) is 4.20. The summed E-state index contributed by atoms with van der Waals surface area (Å²) in [4.78, 5) is 0. The molecule has 0 radical (unpaired) electrons. The van der Waals surface area contributed by atoms with Crippen LogP contribution in [0.15, 0.2) is 24.3 Å². The molecule has 1 aromatic rings. The molecule has 1 heterocycles. The Morgan fingerprint density at radius 2 is 1.72 bits per heavy atom. The maximum Gasteiger partial charge on any atom is 0.0205 e. The van der Waals surface area contributed by atoms with E-state index in [1.165, 1.54) is 24.0 Å². The zero-order chi connectivity index (χ0) is 13.2. The van der Waals surface area contributed by atoms with Crippen LogP contribution in [0.5, 0.6) is 0 Å². The maximum absolute atomic E-state index is 3.47. The molecule has 1 atom stereocenters. The van der Waals surface area contributed by atoms with Crippen LogP contribution in [0.1, 0.15) is 44.7 Å². The first-order valence-corrected chi connectivity index (χ1v) is 7.30. The summed E-state index contributed by atoms with van der Waals surface area (Å²) in [5.41, 5.74) is 3.29. The Hall–Kier alpha value is -0.820. The highest BCUT2D eigenvalue weighted by Gasteiger charge is 2.39. The maximum atomic E-state index is 3.47. The topological polar surface area (TPSA) is 12.0 Å². The molecule has 0 aliphatic carbocycles. The lowest BCUT2D eigenvalue weighted by Gasteiger charge is -2.45. The fourth-order valence-corrected chi connectivity index (χ4v) is 3.36. The van der Waals surface area contributed by atoms with E-state index < -0.39 is 0 Å². The van der Waals surface area contributed by atoms with Gasteiger partial charge in [0.05, 0.1) is 0 Å². The van der Waals surface area contributed by atoms with Gasteiger partial charge in [0, 0.05) is 18.5 Å². The standard InChI is InChI=1S/C17H27N/c1-13(2)9-15(4)10-17(11-18-12-17)16-7-5-14(3)6-8-16/h5-8,13,15,18H,9-12H2,1-4H3. The minimum atomic E-state index is 0.405. The molecule has 1 heteroatoms. The molecule has 1 saturated heterocycles. The summed E-state index contributed by atoms with van der Waals surface area (Å²) < 4.78 is 0. The number of hydrogen-bond donors (Lipinski definition) is 1. The van der Waals surface area contributed by atoms with Gasteiger partial charge < -0.3 is 5.32 Å². The Labute approximate surface area is 112 Å². The monoisotopic (exact) mass is 245 g/mol. The molecule has 0 bridgehead atoms. The van der Waals surface area contributed by atoms with Gasteiger partial charge in [-0.3, -0.25) is 0 Å². The van der Waals surface area contributed by atoms with Crippen molar-refractivity contribution in [1.29, 1.82) is 0 Å². The quantitative estimate of drug-likeness (QED) is 0.829. The molecule has 1 aliphatic heterocycles. The average molecular weight is 245 g/mol. The van der Waals surface area contributed by atoms with Crippen molar-refractivity contribution in [2.45, 2.75) is 46.0 Å². The van der Waals surface area contributed by atoms with Gasteiger partial charge in [0.2, 0.25) is 0 Å². The van der Waals surface area contributed by atoms with E-state index in [0.717, 1.165) is 24.9 Å². The first-order chi connectivity index (χ1) is 8.52. The third kappa shape index (κ3) is 2.95. The second-order valence-electron chi connectivity index (χ2n) is 6.69. The van der Waals surface area contributed by atoms with Crippen molar-refractivity contribution in [3.8, 4) is 0 Å². The predicted octanol–water partition coefficient (Wildman–Crippen LogP) is 3.91. The molecule has 0 spiro atoms. The molecule has 2 rings (SSSR count). The number of nitrogens with one attached hydrogen (secondary N) is 1.